The second kappa shape index (κ2) is 9.06. The lowest BCUT2D eigenvalue weighted by molar-refractivity contribution is 0.122. The second-order valence-corrected chi connectivity index (χ2v) is 10.8. The van der Waals surface area contributed by atoms with E-state index in [0.29, 0.717) is 30.3 Å². The van der Waals surface area contributed by atoms with E-state index in [1.165, 1.54) is 17.1 Å². The molecule has 7 rings (SSSR count). The van der Waals surface area contributed by atoms with Crippen LogP contribution in [0.15, 0.2) is 41.1 Å². The Morgan fingerprint density at radius 2 is 1.89 bits per heavy atom. The molecule has 0 bridgehead atoms. The van der Waals surface area contributed by atoms with Crippen molar-refractivity contribution in [3.05, 3.63) is 47.8 Å². The lowest BCUT2D eigenvalue weighted by Gasteiger charge is -2.28. The number of rotatable bonds is 4. The highest BCUT2D eigenvalue weighted by Gasteiger charge is 2.24. The predicted octanol–water partition coefficient (Wildman–Crippen LogP) is 4.61. The molecule has 0 amide bonds. The van der Waals surface area contributed by atoms with Crippen molar-refractivity contribution in [2.45, 2.75) is 13.5 Å². The van der Waals surface area contributed by atoms with Crippen LogP contribution >= 0.6 is 11.8 Å². The molecule has 5 aromatic rings. The Morgan fingerprint density at radius 1 is 1.03 bits per heavy atom. The maximum absolute atomic E-state index is 6.33. The van der Waals surface area contributed by atoms with E-state index in [1.807, 2.05) is 24.2 Å². The molecule has 36 heavy (non-hydrogen) atoms. The molecule has 2 aliphatic rings. The van der Waals surface area contributed by atoms with Gasteiger partial charge in [-0.25, -0.2) is 15.0 Å². The minimum absolute atomic E-state index is 0.612. The Bertz CT molecular complexity index is 1570. The molecule has 4 aromatic heterocycles. The molecule has 2 aliphatic heterocycles. The molecule has 9 heteroatoms. The molecule has 0 aliphatic carbocycles. The number of thioether (sulfide) groups is 1. The zero-order chi connectivity index (χ0) is 24.1. The van der Waals surface area contributed by atoms with Gasteiger partial charge in [0.25, 0.3) is 0 Å². The number of ether oxygens (including phenoxy) is 1. The Kier molecular flexibility index (Phi) is 5.56. The zero-order valence-electron chi connectivity index (χ0n) is 20.3. The minimum Gasteiger partial charge on any atom is -0.432 e. The number of aromatic amines is 1. The number of hydrogen-bond acceptors (Lipinski definition) is 8. The number of benzene rings is 1. The summed E-state index contributed by atoms with van der Waals surface area (Å²) >= 11 is 2.03. The van der Waals surface area contributed by atoms with Gasteiger partial charge >= 0.3 is 0 Å². The Labute approximate surface area is 213 Å². The fraction of sp³-hybridized carbons (Fsp3) is 0.370. The molecular formula is C27H28N6O2S. The van der Waals surface area contributed by atoms with Gasteiger partial charge in [0.1, 0.15) is 5.52 Å². The maximum Gasteiger partial charge on any atom is 0.229 e. The standard InChI is InChI=1S/C27H28N6O2S/c1-17-2-3-21-19(4-5-28-21)22(17)25-30-23-20-14-18(16-32-8-12-36-13-9-32)15-29-27(20)35-24(23)26(31-25)33-6-10-34-11-7-33/h2-5,14-15,28H,6-13,16H2,1H3. The summed E-state index contributed by atoms with van der Waals surface area (Å²) in [5.74, 6) is 3.91. The topological polar surface area (TPSA) is 83.3 Å². The largest absolute Gasteiger partial charge is 0.432 e. The van der Waals surface area contributed by atoms with Crippen molar-refractivity contribution in [3.8, 4) is 11.4 Å². The summed E-state index contributed by atoms with van der Waals surface area (Å²) in [6.45, 7) is 8.11. The molecule has 0 saturated carbocycles. The molecule has 8 nitrogen and oxygen atoms in total. The van der Waals surface area contributed by atoms with Crippen LogP contribution in [0, 0.1) is 6.92 Å². The fourth-order valence-corrected chi connectivity index (χ4v) is 6.28. The molecule has 0 radical (unpaired) electrons. The molecular weight excluding hydrogens is 472 g/mol. The van der Waals surface area contributed by atoms with Crippen LogP contribution in [0.5, 0.6) is 0 Å². The molecule has 0 unspecified atom stereocenters. The van der Waals surface area contributed by atoms with Crippen LogP contribution in [-0.2, 0) is 11.3 Å². The van der Waals surface area contributed by atoms with E-state index in [-0.39, 0.29) is 0 Å². The number of H-pyrrole nitrogens is 1. The van der Waals surface area contributed by atoms with E-state index in [9.17, 15) is 0 Å². The summed E-state index contributed by atoms with van der Waals surface area (Å²) in [7, 11) is 0. The predicted molar refractivity (Wildman–Crippen MR) is 145 cm³/mol. The van der Waals surface area contributed by atoms with Gasteiger partial charge in [-0.3, -0.25) is 4.90 Å². The maximum atomic E-state index is 6.33. The lowest BCUT2D eigenvalue weighted by atomic mass is 10.0. The van der Waals surface area contributed by atoms with Gasteiger partial charge in [0.2, 0.25) is 5.71 Å². The van der Waals surface area contributed by atoms with Gasteiger partial charge in [0.15, 0.2) is 17.2 Å². The molecule has 6 heterocycles. The number of fused-ring (bicyclic) bond motifs is 4. The second-order valence-electron chi connectivity index (χ2n) is 9.53. The number of aromatic nitrogens is 4. The van der Waals surface area contributed by atoms with E-state index < -0.39 is 0 Å². The third-order valence-electron chi connectivity index (χ3n) is 7.20. The first kappa shape index (κ1) is 22.1. The van der Waals surface area contributed by atoms with Gasteiger partial charge in [-0.05, 0) is 36.2 Å². The summed E-state index contributed by atoms with van der Waals surface area (Å²) < 4.78 is 12.0. The zero-order valence-corrected chi connectivity index (χ0v) is 21.1. The summed E-state index contributed by atoms with van der Waals surface area (Å²) in [5.41, 5.74) is 6.60. The number of nitrogens with zero attached hydrogens (tertiary/aromatic N) is 5. The van der Waals surface area contributed by atoms with Crippen molar-refractivity contribution in [3.63, 3.8) is 0 Å². The van der Waals surface area contributed by atoms with Crippen molar-refractivity contribution in [1.29, 1.82) is 0 Å². The molecule has 0 spiro atoms. The van der Waals surface area contributed by atoms with Gasteiger partial charge in [0.05, 0.1) is 18.6 Å². The van der Waals surface area contributed by atoms with E-state index in [1.54, 1.807) is 0 Å². The number of morpholine rings is 1. The van der Waals surface area contributed by atoms with E-state index in [4.69, 9.17) is 24.1 Å². The highest BCUT2D eigenvalue weighted by Crippen LogP contribution is 2.37. The third-order valence-corrected chi connectivity index (χ3v) is 8.14. The normalized spacial score (nSPS) is 17.5. The Hall–Kier alpha value is -3.14. The Morgan fingerprint density at radius 3 is 2.75 bits per heavy atom. The number of aryl methyl sites for hydroxylation is 1. The quantitative estimate of drug-likeness (QED) is 0.383. The van der Waals surface area contributed by atoms with Gasteiger partial charge < -0.3 is 19.0 Å². The molecule has 2 saturated heterocycles. The number of anilines is 1. The highest BCUT2D eigenvalue weighted by molar-refractivity contribution is 7.99. The molecule has 2 fully saturated rings. The lowest BCUT2D eigenvalue weighted by Crippen LogP contribution is -2.37. The van der Waals surface area contributed by atoms with Crippen molar-refractivity contribution >= 4 is 50.7 Å². The van der Waals surface area contributed by atoms with Crippen molar-refractivity contribution < 1.29 is 9.15 Å². The van der Waals surface area contributed by atoms with Gasteiger partial charge in [-0.15, -0.1) is 0 Å². The first-order valence-electron chi connectivity index (χ1n) is 12.5. The average Bonchev–Trinajstić information content (AvgIpc) is 3.54. The number of pyridine rings is 1. The van der Waals surface area contributed by atoms with Crippen LogP contribution in [0.1, 0.15) is 11.1 Å². The fourth-order valence-electron chi connectivity index (χ4n) is 5.30. The highest BCUT2D eigenvalue weighted by atomic mass is 32.2. The van der Waals surface area contributed by atoms with Crippen LogP contribution in [0.2, 0.25) is 0 Å². The van der Waals surface area contributed by atoms with Gasteiger partial charge in [-0.1, -0.05) is 6.07 Å². The van der Waals surface area contributed by atoms with Crippen molar-refractivity contribution in [1.82, 2.24) is 24.8 Å². The molecule has 0 atom stereocenters. The summed E-state index contributed by atoms with van der Waals surface area (Å²) in [4.78, 5) is 23.0. The number of nitrogens with one attached hydrogen (secondary N) is 1. The van der Waals surface area contributed by atoms with E-state index in [2.05, 4.69) is 46.0 Å². The SMILES string of the molecule is Cc1ccc2[nH]ccc2c1-c1nc(N2CCOCC2)c2oc3ncc(CN4CCSCC4)cc3c2n1. The first-order chi connectivity index (χ1) is 17.7. The van der Waals surface area contributed by atoms with Crippen LogP contribution in [0.3, 0.4) is 0 Å². The van der Waals surface area contributed by atoms with Crippen LogP contribution in [-0.4, -0.2) is 75.7 Å². The van der Waals surface area contributed by atoms with Crippen LogP contribution in [0.25, 0.3) is 44.5 Å². The average molecular weight is 501 g/mol. The molecule has 1 aromatic carbocycles. The minimum atomic E-state index is 0.612. The van der Waals surface area contributed by atoms with Crippen LogP contribution in [0.4, 0.5) is 5.82 Å². The van der Waals surface area contributed by atoms with Gasteiger partial charge in [-0.2, -0.15) is 11.8 Å². The Balaban J connectivity index is 1.43. The molecule has 184 valence electrons. The molecule has 1 N–H and O–H groups in total. The van der Waals surface area contributed by atoms with Crippen molar-refractivity contribution in [2.75, 3.05) is 55.8 Å². The van der Waals surface area contributed by atoms with E-state index in [0.717, 1.165) is 71.5 Å². The number of furan rings is 1. The smallest absolute Gasteiger partial charge is 0.229 e. The van der Waals surface area contributed by atoms with E-state index >= 15 is 0 Å². The van der Waals surface area contributed by atoms with Crippen molar-refractivity contribution in [2.24, 2.45) is 0 Å². The summed E-state index contributed by atoms with van der Waals surface area (Å²) in [6, 6.07) is 8.54. The first-order valence-corrected chi connectivity index (χ1v) is 13.7. The number of hydrogen-bond donors (Lipinski definition) is 1. The monoisotopic (exact) mass is 500 g/mol. The summed E-state index contributed by atoms with van der Waals surface area (Å²) in [5, 5.41) is 2.07. The van der Waals surface area contributed by atoms with Crippen LogP contribution < -0.4 is 4.90 Å². The van der Waals surface area contributed by atoms with Gasteiger partial charge in [0, 0.05) is 73.1 Å². The summed E-state index contributed by atoms with van der Waals surface area (Å²) in [6.07, 6.45) is 3.91. The third kappa shape index (κ3) is 3.82.